The molecule has 1 aliphatic heterocycles. The minimum absolute atomic E-state index is 0.305. The summed E-state index contributed by atoms with van der Waals surface area (Å²) in [6.07, 6.45) is 0. The molecule has 1 aliphatic rings. The van der Waals surface area contributed by atoms with Crippen LogP contribution in [0.4, 0.5) is 0 Å². The predicted molar refractivity (Wildman–Crippen MR) is 70.4 cm³/mol. The van der Waals surface area contributed by atoms with Crippen LogP contribution in [0.5, 0.6) is 0 Å². The summed E-state index contributed by atoms with van der Waals surface area (Å²) in [4.78, 5) is 11.6. The van der Waals surface area contributed by atoms with Crippen molar-refractivity contribution in [1.29, 1.82) is 0 Å². The predicted octanol–water partition coefficient (Wildman–Crippen LogP) is 1.90. The molecule has 0 radical (unpaired) electrons. The second-order valence-electron chi connectivity index (χ2n) is 5.00. The molecule has 3 heteroatoms. The van der Waals surface area contributed by atoms with Crippen LogP contribution < -0.4 is 5.73 Å². The average Bonchev–Trinajstić information content (AvgIpc) is 2.27. The molecule has 1 fully saturated rings. The number of ether oxygens (including phenoxy) is 1. The first-order valence-electron chi connectivity index (χ1n) is 6.00. The molecule has 92 valence electrons. The standard InChI is InChI=1S/C15H15NO2/c1-10-2-3-12-7-13(5-4-11(12)6-10)15(14(16)17)8-18-9-15/h2-7H,8-9H2,1H3,(H2,16,17). The molecule has 0 atom stereocenters. The second-order valence-corrected chi connectivity index (χ2v) is 5.00. The van der Waals surface area contributed by atoms with Gasteiger partial charge in [0, 0.05) is 0 Å². The maximum absolute atomic E-state index is 11.6. The molecule has 1 amide bonds. The Bertz CT molecular complexity index is 629. The summed E-state index contributed by atoms with van der Waals surface area (Å²) < 4.78 is 5.18. The number of fused-ring (bicyclic) bond motifs is 1. The Hall–Kier alpha value is -1.87. The van der Waals surface area contributed by atoms with E-state index < -0.39 is 5.41 Å². The van der Waals surface area contributed by atoms with Gasteiger partial charge in [0.2, 0.25) is 5.91 Å². The van der Waals surface area contributed by atoms with Gasteiger partial charge in [0.05, 0.1) is 13.2 Å². The van der Waals surface area contributed by atoms with Gasteiger partial charge in [0.15, 0.2) is 0 Å². The summed E-state index contributed by atoms with van der Waals surface area (Å²) in [7, 11) is 0. The molecule has 0 aliphatic carbocycles. The zero-order valence-corrected chi connectivity index (χ0v) is 10.3. The molecule has 0 aromatic heterocycles. The van der Waals surface area contributed by atoms with Gasteiger partial charge in [0.1, 0.15) is 5.41 Å². The molecule has 0 bridgehead atoms. The number of hydrogen-bond acceptors (Lipinski definition) is 2. The van der Waals surface area contributed by atoms with Crippen molar-refractivity contribution in [3.63, 3.8) is 0 Å². The summed E-state index contributed by atoms with van der Waals surface area (Å²) in [5, 5.41) is 2.31. The highest BCUT2D eigenvalue weighted by atomic mass is 16.5. The Morgan fingerprint density at radius 3 is 2.44 bits per heavy atom. The van der Waals surface area contributed by atoms with Crippen LogP contribution >= 0.6 is 0 Å². The van der Waals surface area contributed by atoms with Crippen LogP contribution in [0.15, 0.2) is 36.4 Å². The topological polar surface area (TPSA) is 52.3 Å². The zero-order chi connectivity index (χ0) is 12.8. The van der Waals surface area contributed by atoms with E-state index in [1.54, 1.807) is 0 Å². The molecule has 2 N–H and O–H groups in total. The number of hydrogen-bond donors (Lipinski definition) is 1. The van der Waals surface area contributed by atoms with Crippen LogP contribution in [-0.4, -0.2) is 19.1 Å². The van der Waals surface area contributed by atoms with Gasteiger partial charge in [-0.05, 0) is 29.3 Å². The highest BCUT2D eigenvalue weighted by Gasteiger charge is 2.46. The van der Waals surface area contributed by atoms with Gasteiger partial charge in [0.25, 0.3) is 0 Å². The molecule has 1 saturated heterocycles. The molecule has 1 heterocycles. The summed E-state index contributed by atoms with van der Waals surface area (Å²) in [6.45, 7) is 2.84. The van der Waals surface area contributed by atoms with Gasteiger partial charge in [-0.1, -0.05) is 35.9 Å². The minimum Gasteiger partial charge on any atom is -0.378 e. The lowest BCUT2D eigenvalue weighted by Gasteiger charge is -2.39. The van der Waals surface area contributed by atoms with Crippen molar-refractivity contribution in [3.8, 4) is 0 Å². The van der Waals surface area contributed by atoms with Crippen LogP contribution in [0.25, 0.3) is 10.8 Å². The SMILES string of the molecule is Cc1ccc2cc(C3(C(N)=O)COC3)ccc2c1. The van der Waals surface area contributed by atoms with E-state index in [0.29, 0.717) is 13.2 Å². The van der Waals surface area contributed by atoms with Crippen LogP contribution in [0, 0.1) is 6.92 Å². The summed E-state index contributed by atoms with van der Waals surface area (Å²) in [6, 6.07) is 12.3. The highest BCUT2D eigenvalue weighted by molar-refractivity contribution is 5.91. The van der Waals surface area contributed by atoms with E-state index in [1.165, 1.54) is 10.9 Å². The third kappa shape index (κ3) is 1.51. The van der Waals surface area contributed by atoms with Crippen molar-refractivity contribution in [3.05, 3.63) is 47.5 Å². The van der Waals surface area contributed by atoms with Gasteiger partial charge in [-0.3, -0.25) is 4.79 Å². The van der Waals surface area contributed by atoms with Crippen molar-refractivity contribution in [2.24, 2.45) is 5.73 Å². The first-order valence-corrected chi connectivity index (χ1v) is 6.00. The molecule has 2 aromatic carbocycles. The lowest BCUT2D eigenvalue weighted by molar-refractivity contribution is -0.141. The number of carbonyl (C=O) groups is 1. The van der Waals surface area contributed by atoms with E-state index in [0.717, 1.165) is 10.9 Å². The number of carbonyl (C=O) groups excluding carboxylic acids is 1. The smallest absolute Gasteiger partial charge is 0.232 e. The van der Waals surface area contributed by atoms with Crippen molar-refractivity contribution in [1.82, 2.24) is 0 Å². The number of benzene rings is 2. The van der Waals surface area contributed by atoms with Crippen molar-refractivity contribution in [2.45, 2.75) is 12.3 Å². The lowest BCUT2D eigenvalue weighted by Crippen LogP contribution is -2.56. The van der Waals surface area contributed by atoms with Crippen molar-refractivity contribution < 1.29 is 9.53 Å². The van der Waals surface area contributed by atoms with Crippen LogP contribution in [0.1, 0.15) is 11.1 Å². The molecule has 3 nitrogen and oxygen atoms in total. The first-order chi connectivity index (χ1) is 8.62. The summed E-state index contributed by atoms with van der Waals surface area (Å²) in [5.74, 6) is -0.305. The van der Waals surface area contributed by atoms with Crippen molar-refractivity contribution in [2.75, 3.05) is 13.2 Å². The van der Waals surface area contributed by atoms with E-state index in [4.69, 9.17) is 10.5 Å². The van der Waals surface area contributed by atoms with Gasteiger partial charge in [-0.2, -0.15) is 0 Å². The van der Waals surface area contributed by atoms with E-state index >= 15 is 0 Å². The second kappa shape index (κ2) is 3.82. The Balaban J connectivity index is 2.13. The number of aryl methyl sites for hydroxylation is 1. The number of rotatable bonds is 2. The minimum atomic E-state index is -0.626. The fourth-order valence-electron chi connectivity index (χ4n) is 2.42. The van der Waals surface area contributed by atoms with Crippen LogP contribution in [0.2, 0.25) is 0 Å². The molecule has 0 saturated carbocycles. The van der Waals surface area contributed by atoms with E-state index in [2.05, 4.69) is 25.1 Å². The van der Waals surface area contributed by atoms with E-state index in [9.17, 15) is 4.79 Å². The molecule has 18 heavy (non-hydrogen) atoms. The molecule has 0 spiro atoms. The summed E-state index contributed by atoms with van der Waals surface area (Å²) in [5.41, 5.74) is 7.07. The van der Waals surface area contributed by atoms with Crippen LogP contribution in [0.3, 0.4) is 0 Å². The van der Waals surface area contributed by atoms with Crippen LogP contribution in [-0.2, 0) is 14.9 Å². The van der Waals surface area contributed by atoms with Gasteiger partial charge >= 0.3 is 0 Å². The Labute approximate surface area is 106 Å². The highest BCUT2D eigenvalue weighted by Crippen LogP contribution is 2.34. The molecule has 0 unspecified atom stereocenters. The monoisotopic (exact) mass is 241 g/mol. The first kappa shape index (κ1) is 11.2. The average molecular weight is 241 g/mol. The third-order valence-electron chi connectivity index (χ3n) is 3.72. The molecular formula is C15H15NO2. The third-order valence-corrected chi connectivity index (χ3v) is 3.72. The largest absolute Gasteiger partial charge is 0.378 e. The summed E-state index contributed by atoms with van der Waals surface area (Å²) >= 11 is 0. The number of primary amides is 1. The number of nitrogens with two attached hydrogens (primary N) is 1. The Kier molecular flexibility index (Phi) is 2.38. The lowest BCUT2D eigenvalue weighted by atomic mass is 9.77. The van der Waals surface area contributed by atoms with Gasteiger partial charge in [-0.15, -0.1) is 0 Å². The quantitative estimate of drug-likeness (QED) is 0.873. The zero-order valence-electron chi connectivity index (χ0n) is 10.3. The van der Waals surface area contributed by atoms with E-state index in [1.807, 2.05) is 18.2 Å². The Morgan fingerprint density at radius 1 is 1.17 bits per heavy atom. The van der Waals surface area contributed by atoms with Crippen molar-refractivity contribution >= 4 is 16.7 Å². The fraction of sp³-hybridized carbons (Fsp3) is 0.267. The number of amides is 1. The maximum Gasteiger partial charge on any atom is 0.232 e. The van der Waals surface area contributed by atoms with E-state index in [-0.39, 0.29) is 5.91 Å². The van der Waals surface area contributed by atoms with Gasteiger partial charge < -0.3 is 10.5 Å². The maximum atomic E-state index is 11.6. The Morgan fingerprint density at radius 2 is 1.83 bits per heavy atom. The molecule has 3 rings (SSSR count). The van der Waals surface area contributed by atoms with Gasteiger partial charge in [-0.25, -0.2) is 0 Å². The fourth-order valence-corrected chi connectivity index (χ4v) is 2.42. The molecule has 2 aromatic rings. The molecular weight excluding hydrogens is 226 g/mol. The normalized spacial score (nSPS) is 17.4.